The Bertz CT molecular complexity index is 403. The Labute approximate surface area is 96.6 Å². The summed E-state index contributed by atoms with van der Waals surface area (Å²) in [6.45, 7) is 6.65. The molecule has 16 heavy (non-hydrogen) atoms. The van der Waals surface area contributed by atoms with Gasteiger partial charge in [-0.05, 0) is 49.6 Å². The van der Waals surface area contributed by atoms with Crippen LogP contribution >= 0.6 is 0 Å². The fourth-order valence-electron chi connectivity index (χ4n) is 1.78. The first-order valence-corrected chi connectivity index (χ1v) is 5.68. The highest BCUT2D eigenvalue weighted by Crippen LogP contribution is 2.22. The number of benzene rings is 1. The van der Waals surface area contributed by atoms with Gasteiger partial charge < -0.3 is 10.1 Å². The number of ether oxygens (including phenoxy) is 1. The molecule has 2 rings (SSSR count). The second kappa shape index (κ2) is 4.88. The summed E-state index contributed by atoms with van der Waals surface area (Å²) in [5.74, 6) is 0.918. The van der Waals surface area contributed by atoms with Gasteiger partial charge in [-0.25, -0.2) is 0 Å². The first kappa shape index (κ1) is 10.8. The first-order valence-electron chi connectivity index (χ1n) is 5.68. The molecule has 0 bridgehead atoms. The molecule has 0 radical (unpaired) electrons. The Hall–Kier alpha value is -1.70. The van der Waals surface area contributed by atoms with Crippen molar-refractivity contribution in [3.63, 3.8) is 0 Å². The van der Waals surface area contributed by atoms with Gasteiger partial charge in [-0.1, -0.05) is 12.7 Å². The molecule has 0 atom stereocenters. The predicted octanol–water partition coefficient (Wildman–Crippen LogP) is 3.32. The monoisotopic (exact) mass is 215 g/mol. The third kappa shape index (κ3) is 2.45. The summed E-state index contributed by atoms with van der Waals surface area (Å²) in [4.78, 5) is 0. The summed E-state index contributed by atoms with van der Waals surface area (Å²) < 4.78 is 5.41. The van der Waals surface area contributed by atoms with Gasteiger partial charge in [0.25, 0.3) is 0 Å². The van der Waals surface area contributed by atoms with E-state index in [0.717, 1.165) is 30.0 Å². The molecular formula is C14H17NO. The summed E-state index contributed by atoms with van der Waals surface area (Å²) in [5.41, 5.74) is 3.43. The van der Waals surface area contributed by atoms with Crippen molar-refractivity contribution in [1.82, 2.24) is 5.32 Å². The van der Waals surface area contributed by atoms with Gasteiger partial charge in [-0.2, -0.15) is 0 Å². The number of hydrogen-bond donors (Lipinski definition) is 1. The summed E-state index contributed by atoms with van der Waals surface area (Å²) in [7, 11) is 0. The van der Waals surface area contributed by atoms with Gasteiger partial charge in [0.1, 0.15) is 5.75 Å². The van der Waals surface area contributed by atoms with Gasteiger partial charge >= 0.3 is 0 Å². The van der Waals surface area contributed by atoms with E-state index >= 15 is 0 Å². The molecule has 0 unspecified atom stereocenters. The molecule has 84 valence electrons. The van der Waals surface area contributed by atoms with Crippen LogP contribution in [0, 0.1) is 0 Å². The highest BCUT2D eigenvalue weighted by atomic mass is 16.5. The van der Waals surface area contributed by atoms with E-state index in [1.54, 1.807) is 0 Å². The molecular weight excluding hydrogens is 198 g/mol. The average molecular weight is 215 g/mol. The lowest BCUT2D eigenvalue weighted by Gasteiger charge is -2.18. The van der Waals surface area contributed by atoms with Crippen molar-refractivity contribution in [2.24, 2.45) is 0 Å². The van der Waals surface area contributed by atoms with Crippen molar-refractivity contribution in [3.05, 3.63) is 48.2 Å². The quantitative estimate of drug-likeness (QED) is 0.835. The summed E-state index contributed by atoms with van der Waals surface area (Å²) in [5, 5.41) is 3.31. The zero-order valence-corrected chi connectivity index (χ0v) is 9.62. The van der Waals surface area contributed by atoms with Gasteiger partial charge in [0.2, 0.25) is 0 Å². The summed E-state index contributed by atoms with van der Waals surface area (Å²) >= 11 is 0. The Kier molecular flexibility index (Phi) is 3.30. The van der Waals surface area contributed by atoms with Crippen LogP contribution in [-0.2, 0) is 0 Å². The van der Waals surface area contributed by atoms with Crippen molar-refractivity contribution >= 4 is 5.70 Å². The fourth-order valence-corrected chi connectivity index (χ4v) is 1.78. The third-order valence-corrected chi connectivity index (χ3v) is 2.58. The van der Waals surface area contributed by atoms with Crippen LogP contribution in [0.25, 0.3) is 5.70 Å². The average Bonchev–Trinajstić information content (AvgIpc) is 2.30. The molecule has 1 aliphatic rings. The molecule has 0 spiro atoms. The third-order valence-electron chi connectivity index (χ3n) is 2.58. The number of rotatable bonds is 3. The zero-order chi connectivity index (χ0) is 11.4. The highest BCUT2D eigenvalue weighted by molar-refractivity contribution is 5.66. The molecule has 1 N–H and O–H groups in total. The Balaban J connectivity index is 2.15. The highest BCUT2D eigenvalue weighted by Gasteiger charge is 2.07. The second-order valence-corrected chi connectivity index (χ2v) is 3.84. The van der Waals surface area contributed by atoms with Crippen molar-refractivity contribution in [1.29, 1.82) is 0 Å². The van der Waals surface area contributed by atoms with Gasteiger partial charge in [-0.3, -0.25) is 0 Å². The van der Waals surface area contributed by atoms with Gasteiger partial charge in [0.05, 0.1) is 6.61 Å². The maximum absolute atomic E-state index is 5.41. The minimum absolute atomic E-state index is 0.705. The van der Waals surface area contributed by atoms with E-state index in [1.165, 1.54) is 5.56 Å². The molecule has 1 aromatic carbocycles. The van der Waals surface area contributed by atoms with Crippen LogP contribution in [0.2, 0.25) is 0 Å². The van der Waals surface area contributed by atoms with Crippen molar-refractivity contribution in [2.75, 3.05) is 6.61 Å². The van der Waals surface area contributed by atoms with E-state index in [-0.39, 0.29) is 0 Å². The van der Waals surface area contributed by atoms with Crippen molar-refractivity contribution in [2.45, 2.75) is 19.8 Å². The lowest BCUT2D eigenvalue weighted by molar-refractivity contribution is 0.340. The van der Waals surface area contributed by atoms with Gasteiger partial charge in [-0.15, -0.1) is 0 Å². The smallest absolute Gasteiger partial charge is 0.119 e. The number of hydrogen-bond acceptors (Lipinski definition) is 2. The van der Waals surface area contributed by atoms with E-state index in [4.69, 9.17) is 4.74 Å². The van der Waals surface area contributed by atoms with Crippen molar-refractivity contribution in [3.8, 4) is 5.75 Å². The van der Waals surface area contributed by atoms with E-state index in [9.17, 15) is 0 Å². The van der Waals surface area contributed by atoms with E-state index < -0.39 is 0 Å². The minimum Gasteiger partial charge on any atom is -0.494 e. The number of nitrogens with one attached hydrogen (secondary N) is 1. The summed E-state index contributed by atoms with van der Waals surface area (Å²) in [6.07, 6.45) is 4.30. The Morgan fingerprint density at radius 3 is 2.69 bits per heavy atom. The lowest BCUT2D eigenvalue weighted by Crippen LogP contribution is -2.14. The van der Waals surface area contributed by atoms with Crippen LogP contribution in [0.15, 0.2) is 42.6 Å². The second-order valence-electron chi connectivity index (χ2n) is 3.84. The first-order chi connectivity index (χ1) is 7.79. The molecule has 0 aliphatic carbocycles. The normalized spacial score (nSPS) is 15.3. The molecule has 2 nitrogen and oxygen atoms in total. The van der Waals surface area contributed by atoms with Crippen LogP contribution in [0.5, 0.6) is 5.75 Å². The van der Waals surface area contributed by atoms with Crippen LogP contribution in [-0.4, -0.2) is 6.61 Å². The predicted molar refractivity (Wildman–Crippen MR) is 67.1 cm³/mol. The lowest BCUT2D eigenvalue weighted by atomic mass is 10.1. The van der Waals surface area contributed by atoms with E-state index in [2.05, 4.69) is 30.1 Å². The molecule has 0 saturated carbocycles. The molecule has 1 heterocycles. The molecule has 1 aliphatic heterocycles. The number of allylic oxidation sites excluding steroid dienone is 2. The van der Waals surface area contributed by atoms with E-state index in [1.807, 2.05) is 19.1 Å². The minimum atomic E-state index is 0.705. The van der Waals surface area contributed by atoms with Crippen molar-refractivity contribution < 1.29 is 4.74 Å². The van der Waals surface area contributed by atoms with Gasteiger partial charge in [0, 0.05) is 11.4 Å². The molecule has 2 heteroatoms. The molecule has 0 aromatic heterocycles. The molecule has 1 aromatic rings. The zero-order valence-electron chi connectivity index (χ0n) is 9.62. The SMILES string of the molecule is C=C1CCC=C(c2ccc(OCC)cc2)N1. The topological polar surface area (TPSA) is 21.3 Å². The molecule has 0 amide bonds. The standard InChI is InChI=1S/C14H17NO/c1-3-16-13-9-7-12(8-10-13)14-6-4-5-11(2)15-14/h6-10,15H,2-5H2,1H3. The maximum Gasteiger partial charge on any atom is 0.119 e. The molecule has 0 saturated heterocycles. The molecule has 0 fully saturated rings. The van der Waals surface area contributed by atoms with Crippen LogP contribution in [0.1, 0.15) is 25.3 Å². The van der Waals surface area contributed by atoms with Crippen LogP contribution < -0.4 is 10.1 Å². The maximum atomic E-state index is 5.41. The fraction of sp³-hybridized carbons (Fsp3) is 0.286. The Morgan fingerprint density at radius 2 is 2.06 bits per heavy atom. The largest absolute Gasteiger partial charge is 0.494 e. The van der Waals surface area contributed by atoms with Crippen LogP contribution in [0.4, 0.5) is 0 Å². The van der Waals surface area contributed by atoms with Gasteiger partial charge in [0.15, 0.2) is 0 Å². The Morgan fingerprint density at radius 1 is 1.31 bits per heavy atom. The summed E-state index contributed by atoms with van der Waals surface area (Å²) in [6, 6.07) is 8.14. The van der Waals surface area contributed by atoms with E-state index in [0.29, 0.717) is 6.61 Å². The van der Waals surface area contributed by atoms with Crippen LogP contribution in [0.3, 0.4) is 0 Å².